The average molecular weight is 379 g/mol. The van der Waals surface area contributed by atoms with Gasteiger partial charge in [-0.3, -0.25) is 9.82 Å². The van der Waals surface area contributed by atoms with Crippen LogP contribution in [-0.2, 0) is 16.8 Å². The number of nitrogens with two attached hydrogens (primary N) is 2. The van der Waals surface area contributed by atoms with Gasteiger partial charge in [0.05, 0.1) is 5.09 Å². The molecule has 0 atom stereocenters. The number of hydrogen-bond donors (Lipinski definition) is 4. The van der Waals surface area contributed by atoms with E-state index in [0.717, 1.165) is 52.1 Å². The Morgan fingerprint density at radius 2 is 1.04 bits per heavy atom. The van der Waals surface area contributed by atoms with Crippen molar-refractivity contribution in [2.45, 2.75) is 12.8 Å². The Morgan fingerprint density at radius 3 is 1.22 bits per heavy atom. The number of nitrogens with zero attached hydrogens (tertiary/aromatic N) is 7. The second-order valence-electron chi connectivity index (χ2n) is 3.19. The van der Waals surface area contributed by atoms with Gasteiger partial charge in [-0.15, -0.1) is 0 Å². The predicted octanol–water partition coefficient (Wildman–Crippen LogP) is 0.354. The smallest absolute Gasteiger partial charge is 0.373 e. The van der Waals surface area contributed by atoms with Gasteiger partial charge in [-0.1, -0.05) is 0 Å². The molecule has 0 aromatic rings. The molecular formula is C8H22CoN11O3. The van der Waals surface area contributed by atoms with E-state index in [-0.39, 0.29) is 16.8 Å². The van der Waals surface area contributed by atoms with Gasteiger partial charge < -0.3 is 59.5 Å². The molecule has 0 bridgehead atoms. The fourth-order valence-electron chi connectivity index (χ4n) is 0.881. The van der Waals surface area contributed by atoms with E-state index in [1.165, 1.54) is 9.82 Å². The van der Waals surface area contributed by atoms with Crippen molar-refractivity contribution in [3.05, 3.63) is 47.3 Å². The van der Waals surface area contributed by atoms with Crippen molar-refractivity contribution in [2.24, 2.45) is 11.5 Å². The van der Waals surface area contributed by atoms with Gasteiger partial charge >= 0.3 is 16.8 Å². The second kappa shape index (κ2) is 42.7. The Hall–Kier alpha value is -1.83. The first-order valence-corrected chi connectivity index (χ1v) is 6.08. The average Bonchev–Trinajstić information content (AvgIpc) is 2.43. The Bertz CT molecular complexity index is 256. The minimum Gasteiger partial charge on any atom is -0.373 e. The summed E-state index contributed by atoms with van der Waals surface area (Å²) in [5, 5.41) is 21.3. The first-order chi connectivity index (χ1) is 10.5. The summed E-state index contributed by atoms with van der Waals surface area (Å²) in [5.74, 6) is 0. The van der Waals surface area contributed by atoms with Crippen molar-refractivity contribution in [1.82, 2.24) is 10.6 Å². The summed E-state index contributed by atoms with van der Waals surface area (Å²) in [6.07, 6.45) is 2.12. The van der Waals surface area contributed by atoms with Crippen molar-refractivity contribution in [1.29, 1.82) is 0 Å². The van der Waals surface area contributed by atoms with Crippen LogP contribution in [0.15, 0.2) is 0 Å². The van der Waals surface area contributed by atoms with E-state index in [4.69, 9.17) is 48.9 Å². The van der Waals surface area contributed by atoms with E-state index >= 15 is 0 Å². The maximum Gasteiger partial charge on any atom is 3.00 e. The zero-order chi connectivity index (χ0) is 18.1. The van der Waals surface area contributed by atoms with Crippen LogP contribution in [0, 0.1) is 15.3 Å². The first-order valence-electron chi connectivity index (χ1n) is 6.08. The molecule has 0 heterocycles. The van der Waals surface area contributed by atoms with Gasteiger partial charge in [0.15, 0.2) is 0 Å². The summed E-state index contributed by atoms with van der Waals surface area (Å²) in [6.45, 7) is 5.63. The summed E-state index contributed by atoms with van der Waals surface area (Å²) < 4.78 is 0. The minimum absolute atomic E-state index is 0. The molecule has 0 spiro atoms. The molecular weight excluding hydrogens is 357 g/mol. The van der Waals surface area contributed by atoms with Crippen LogP contribution >= 0.6 is 0 Å². The Kier molecular flexibility index (Phi) is 61.2. The molecule has 0 radical (unpaired) electrons. The zero-order valence-corrected chi connectivity index (χ0v) is 13.5. The molecule has 0 aliphatic carbocycles. The van der Waals surface area contributed by atoms with E-state index in [2.05, 4.69) is 10.6 Å². The quantitative estimate of drug-likeness (QED) is 0.109. The van der Waals surface area contributed by atoms with Crippen LogP contribution in [0.4, 0.5) is 0 Å². The molecule has 0 aromatic carbocycles. The monoisotopic (exact) mass is 379 g/mol. The van der Waals surface area contributed by atoms with Gasteiger partial charge in [0.25, 0.3) is 0 Å². The molecule has 136 valence electrons. The third-order valence-electron chi connectivity index (χ3n) is 1.59. The molecule has 0 aliphatic heterocycles. The zero-order valence-electron chi connectivity index (χ0n) is 12.5. The summed E-state index contributed by atoms with van der Waals surface area (Å²) in [5.41, 5.74) is 37.7. The van der Waals surface area contributed by atoms with Crippen molar-refractivity contribution >= 4 is 0 Å². The molecule has 0 saturated heterocycles. The van der Waals surface area contributed by atoms with Crippen LogP contribution in [0.3, 0.4) is 0 Å². The minimum atomic E-state index is -1.75. The van der Waals surface area contributed by atoms with Crippen molar-refractivity contribution in [3.8, 4) is 0 Å². The molecule has 23 heavy (non-hydrogen) atoms. The summed E-state index contributed by atoms with van der Waals surface area (Å²) in [7, 11) is 0. The summed E-state index contributed by atoms with van der Waals surface area (Å²) in [4.78, 5) is 11.2. The van der Waals surface area contributed by atoms with Crippen molar-refractivity contribution in [2.75, 3.05) is 39.3 Å². The van der Waals surface area contributed by atoms with Gasteiger partial charge in [0, 0.05) is 13.1 Å². The molecule has 0 amide bonds. The molecule has 0 rings (SSSR count). The summed E-state index contributed by atoms with van der Waals surface area (Å²) in [6, 6.07) is 0. The van der Waals surface area contributed by atoms with E-state index < -0.39 is 5.09 Å². The predicted molar refractivity (Wildman–Crippen MR) is 83.6 cm³/mol. The number of nitrogens with one attached hydrogen (secondary N) is 2. The Labute approximate surface area is 144 Å². The third-order valence-corrected chi connectivity index (χ3v) is 1.59. The largest absolute Gasteiger partial charge is 3.00 e. The Balaban J connectivity index is -0.0000000815. The molecule has 0 aliphatic rings. The molecule has 0 aromatic heterocycles. The van der Waals surface area contributed by atoms with Gasteiger partial charge in [-0.2, -0.15) is 0 Å². The van der Waals surface area contributed by atoms with E-state index in [9.17, 15) is 0 Å². The Morgan fingerprint density at radius 1 is 0.826 bits per heavy atom. The SMILES string of the molecule is NCCCNCCNCCCN.O=[N+]([O-])[O-].[Co+3].[N-]=[N+]=[N-].[N-]=[N+]=[N-]. The molecule has 0 fully saturated rings. The summed E-state index contributed by atoms with van der Waals surface area (Å²) >= 11 is 0. The second-order valence-corrected chi connectivity index (χ2v) is 3.19. The van der Waals surface area contributed by atoms with Crippen LogP contribution in [0.1, 0.15) is 12.8 Å². The number of hydrogen-bond acceptors (Lipinski definition) is 7. The van der Waals surface area contributed by atoms with Crippen LogP contribution in [0.2, 0.25) is 0 Å². The maximum atomic E-state index is 8.25. The maximum absolute atomic E-state index is 8.25. The molecule has 0 unspecified atom stereocenters. The first kappa shape index (κ1) is 32.9. The van der Waals surface area contributed by atoms with Gasteiger partial charge in [-0.25, -0.2) is 0 Å². The van der Waals surface area contributed by atoms with Gasteiger partial charge in [0.1, 0.15) is 0 Å². The van der Waals surface area contributed by atoms with Gasteiger partial charge in [0.2, 0.25) is 0 Å². The topological polar surface area (TPSA) is 260 Å². The normalized spacial score (nSPS) is 7.22. The molecule has 14 nitrogen and oxygen atoms in total. The van der Waals surface area contributed by atoms with Crippen LogP contribution in [0.5, 0.6) is 0 Å². The fourth-order valence-corrected chi connectivity index (χ4v) is 0.881. The number of rotatable bonds is 9. The molecule has 6 N–H and O–H groups in total. The fraction of sp³-hybridized carbons (Fsp3) is 1.00. The van der Waals surface area contributed by atoms with Crippen LogP contribution < -0.4 is 22.1 Å². The van der Waals surface area contributed by atoms with E-state index in [1.807, 2.05) is 0 Å². The van der Waals surface area contributed by atoms with Gasteiger partial charge in [-0.05, 0) is 39.0 Å². The third kappa shape index (κ3) is 130. The standard InChI is InChI=1S/C8H22N4.Co.2N3.NO3/c9-3-1-5-11-7-8-12-6-2-4-10;;2*1-3-2;2-1(3)4/h11-12H,1-10H2;;;;/q;+3;3*-1. The molecule has 0 saturated carbocycles. The van der Waals surface area contributed by atoms with Crippen LogP contribution in [0.25, 0.3) is 31.9 Å². The van der Waals surface area contributed by atoms with Crippen molar-refractivity contribution < 1.29 is 21.9 Å². The van der Waals surface area contributed by atoms with Crippen molar-refractivity contribution in [3.63, 3.8) is 0 Å². The van der Waals surface area contributed by atoms with E-state index in [1.54, 1.807) is 0 Å². The van der Waals surface area contributed by atoms with Crippen LogP contribution in [-0.4, -0.2) is 44.4 Å². The van der Waals surface area contributed by atoms with E-state index in [0.29, 0.717) is 0 Å². The molecule has 15 heteroatoms.